The normalized spacial score (nSPS) is 10.4. The van der Waals surface area contributed by atoms with Crippen LogP contribution in [0.5, 0.6) is 5.75 Å². The van der Waals surface area contributed by atoms with Gasteiger partial charge in [0.05, 0.1) is 0 Å². The molecule has 0 spiro atoms. The highest BCUT2D eigenvalue weighted by atomic mass is 35.5. The Bertz CT molecular complexity index is 685. The number of hydrogen-bond acceptors (Lipinski definition) is 1. The van der Waals surface area contributed by atoms with Gasteiger partial charge in [-0.2, -0.15) is 0 Å². The van der Waals surface area contributed by atoms with Crippen molar-refractivity contribution in [1.29, 1.82) is 0 Å². The van der Waals surface area contributed by atoms with E-state index >= 15 is 0 Å². The van der Waals surface area contributed by atoms with E-state index in [0.717, 1.165) is 22.3 Å². The van der Waals surface area contributed by atoms with Crippen molar-refractivity contribution in [3.63, 3.8) is 0 Å². The van der Waals surface area contributed by atoms with Crippen molar-refractivity contribution in [2.45, 2.75) is 0 Å². The minimum Gasteiger partial charge on any atom is -0.507 e. The number of para-hydroxylation sites is 1. The molecule has 1 nitrogen and oxygen atoms in total. The van der Waals surface area contributed by atoms with Crippen molar-refractivity contribution in [2.75, 3.05) is 0 Å². The average Bonchev–Trinajstić information content (AvgIpc) is 2.48. The van der Waals surface area contributed by atoms with E-state index in [4.69, 9.17) is 11.6 Å². The summed E-state index contributed by atoms with van der Waals surface area (Å²) in [5.74, 6) is 0.270. The first-order chi connectivity index (χ1) is 9.77. The monoisotopic (exact) mass is 280 g/mol. The summed E-state index contributed by atoms with van der Waals surface area (Å²) in [5.41, 5.74) is 3.76. The van der Waals surface area contributed by atoms with Crippen molar-refractivity contribution in [1.82, 2.24) is 0 Å². The summed E-state index contributed by atoms with van der Waals surface area (Å²) < 4.78 is 0. The summed E-state index contributed by atoms with van der Waals surface area (Å²) in [4.78, 5) is 0. The third-order valence-electron chi connectivity index (χ3n) is 3.29. The van der Waals surface area contributed by atoms with Gasteiger partial charge in [-0.05, 0) is 23.3 Å². The molecule has 0 aliphatic carbocycles. The Hall–Kier alpha value is -2.25. The first-order valence-electron chi connectivity index (χ1n) is 6.39. The van der Waals surface area contributed by atoms with Gasteiger partial charge in [-0.25, -0.2) is 0 Å². The van der Waals surface area contributed by atoms with Crippen LogP contribution in [0.2, 0.25) is 5.02 Å². The van der Waals surface area contributed by atoms with Crippen LogP contribution in [-0.4, -0.2) is 5.11 Å². The van der Waals surface area contributed by atoms with E-state index in [2.05, 4.69) is 0 Å². The highest BCUT2D eigenvalue weighted by Gasteiger charge is 2.11. The third kappa shape index (κ3) is 2.28. The SMILES string of the molecule is Oc1ccccc1-c1ccccc1-c1ccccc1Cl. The summed E-state index contributed by atoms with van der Waals surface area (Å²) in [6.07, 6.45) is 0. The van der Waals surface area contributed by atoms with Crippen molar-refractivity contribution >= 4 is 11.6 Å². The molecule has 1 N–H and O–H groups in total. The molecule has 0 unspecified atom stereocenters. The molecule has 3 aromatic rings. The molecule has 0 aromatic heterocycles. The molecule has 98 valence electrons. The van der Waals surface area contributed by atoms with Crippen LogP contribution in [0, 0.1) is 0 Å². The van der Waals surface area contributed by atoms with E-state index in [1.54, 1.807) is 6.07 Å². The van der Waals surface area contributed by atoms with Gasteiger partial charge in [0.15, 0.2) is 0 Å². The number of phenolic OH excluding ortho intramolecular Hbond substituents is 1. The van der Waals surface area contributed by atoms with Crippen molar-refractivity contribution < 1.29 is 5.11 Å². The van der Waals surface area contributed by atoms with Gasteiger partial charge in [-0.1, -0.05) is 72.3 Å². The lowest BCUT2D eigenvalue weighted by Gasteiger charge is -2.12. The first kappa shape index (κ1) is 12.8. The first-order valence-corrected chi connectivity index (χ1v) is 6.77. The largest absolute Gasteiger partial charge is 0.507 e. The Morgan fingerprint density at radius 3 is 1.60 bits per heavy atom. The van der Waals surface area contributed by atoms with Gasteiger partial charge in [-0.3, -0.25) is 0 Å². The van der Waals surface area contributed by atoms with Gasteiger partial charge in [-0.15, -0.1) is 0 Å². The Kier molecular flexibility index (Phi) is 3.44. The van der Waals surface area contributed by atoms with Gasteiger partial charge < -0.3 is 5.11 Å². The Balaban J connectivity index is 2.25. The maximum absolute atomic E-state index is 10.1. The van der Waals surface area contributed by atoms with Gasteiger partial charge in [0.2, 0.25) is 0 Å². The van der Waals surface area contributed by atoms with E-state index in [1.165, 1.54) is 0 Å². The minimum absolute atomic E-state index is 0.270. The minimum atomic E-state index is 0.270. The lowest BCUT2D eigenvalue weighted by atomic mass is 9.94. The molecule has 0 aliphatic heterocycles. The molecular formula is C18H13ClO. The second kappa shape index (κ2) is 5.40. The van der Waals surface area contributed by atoms with E-state index in [1.807, 2.05) is 66.7 Å². The van der Waals surface area contributed by atoms with E-state index < -0.39 is 0 Å². The molecule has 0 aliphatic rings. The number of phenols is 1. The smallest absolute Gasteiger partial charge is 0.123 e. The highest BCUT2D eigenvalue weighted by Crippen LogP contribution is 2.38. The summed E-state index contributed by atoms with van der Waals surface area (Å²) in [7, 11) is 0. The van der Waals surface area contributed by atoms with E-state index in [-0.39, 0.29) is 5.75 Å². The number of benzene rings is 3. The summed E-state index contributed by atoms with van der Waals surface area (Å²) >= 11 is 6.30. The van der Waals surface area contributed by atoms with Crippen LogP contribution in [0.3, 0.4) is 0 Å². The summed E-state index contributed by atoms with van der Waals surface area (Å²) in [5, 5.41) is 10.8. The Labute approximate surface area is 123 Å². The van der Waals surface area contributed by atoms with Crippen LogP contribution < -0.4 is 0 Å². The molecule has 0 saturated heterocycles. The quantitative estimate of drug-likeness (QED) is 0.668. The fourth-order valence-corrected chi connectivity index (χ4v) is 2.57. The van der Waals surface area contributed by atoms with Gasteiger partial charge in [0, 0.05) is 16.1 Å². The predicted octanol–water partition coefficient (Wildman–Crippen LogP) is 5.38. The van der Waals surface area contributed by atoms with Crippen LogP contribution in [0.15, 0.2) is 72.8 Å². The van der Waals surface area contributed by atoms with Crippen LogP contribution in [0.4, 0.5) is 0 Å². The molecule has 2 heteroatoms. The summed E-state index contributed by atoms with van der Waals surface area (Å²) in [6.45, 7) is 0. The lowest BCUT2D eigenvalue weighted by Crippen LogP contribution is -1.86. The molecule has 0 amide bonds. The zero-order chi connectivity index (χ0) is 13.9. The van der Waals surface area contributed by atoms with Crippen LogP contribution in [0.25, 0.3) is 22.3 Å². The van der Waals surface area contributed by atoms with Gasteiger partial charge >= 0.3 is 0 Å². The second-order valence-electron chi connectivity index (χ2n) is 4.54. The van der Waals surface area contributed by atoms with Gasteiger partial charge in [0.1, 0.15) is 5.75 Å². The molecule has 0 fully saturated rings. The van der Waals surface area contributed by atoms with Crippen molar-refractivity contribution in [3.05, 3.63) is 77.8 Å². The second-order valence-corrected chi connectivity index (χ2v) is 4.95. The number of aromatic hydroxyl groups is 1. The van der Waals surface area contributed by atoms with Crippen molar-refractivity contribution in [2.24, 2.45) is 0 Å². The van der Waals surface area contributed by atoms with Gasteiger partial charge in [0.25, 0.3) is 0 Å². The van der Waals surface area contributed by atoms with E-state index in [0.29, 0.717) is 5.02 Å². The molecule has 0 atom stereocenters. The highest BCUT2D eigenvalue weighted by molar-refractivity contribution is 6.33. The molecule has 3 aromatic carbocycles. The zero-order valence-electron chi connectivity index (χ0n) is 10.8. The standard InChI is InChI=1S/C18H13ClO/c19-17-11-5-3-9-15(17)13-7-1-2-8-14(13)16-10-4-6-12-18(16)20/h1-12,20H. The van der Waals surface area contributed by atoms with Crippen LogP contribution in [0.1, 0.15) is 0 Å². The average molecular weight is 281 g/mol. The topological polar surface area (TPSA) is 20.2 Å². The summed E-state index contributed by atoms with van der Waals surface area (Å²) in [6, 6.07) is 23.0. The molecule has 0 bridgehead atoms. The van der Waals surface area contributed by atoms with Crippen LogP contribution in [-0.2, 0) is 0 Å². The van der Waals surface area contributed by atoms with Crippen LogP contribution >= 0.6 is 11.6 Å². The van der Waals surface area contributed by atoms with E-state index in [9.17, 15) is 5.11 Å². The fraction of sp³-hybridized carbons (Fsp3) is 0. The third-order valence-corrected chi connectivity index (χ3v) is 3.61. The molecule has 3 rings (SSSR count). The Morgan fingerprint density at radius 2 is 1.00 bits per heavy atom. The predicted molar refractivity (Wildman–Crippen MR) is 84.0 cm³/mol. The molecular weight excluding hydrogens is 268 g/mol. The lowest BCUT2D eigenvalue weighted by molar-refractivity contribution is 0.477. The fourth-order valence-electron chi connectivity index (χ4n) is 2.33. The maximum Gasteiger partial charge on any atom is 0.123 e. The Morgan fingerprint density at radius 1 is 0.550 bits per heavy atom. The maximum atomic E-state index is 10.1. The molecule has 20 heavy (non-hydrogen) atoms. The number of hydrogen-bond donors (Lipinski definition) is 1. The molecule has 0 radical (unpaired) electrons. The van der Waals surface area contributed by atoms with Crippen molar-refractivity contribution in [3.8, 4) is 28.0 Å². The molecule has 0 saturated carbocycles. The number of halogens is 1. The molecule has 0 heterocycles. The zero-order valence-corrected chi connectivity index (χ0v) is 11.5. The number of rotatable bonds is 2.